The second-order valence-electron chi connectivity index (χ2n) is 7.12. The summed E-state index contributed by atoms with van der Waals surface area (Å²) in [5.74, 6) is 1.46. The molecule has 3 heterocycles. The highest BCUT2D eigenvalue weighted by atomic mass is 16.5. The molecular formula is C24H23N5O. The Bertz CT molecular complexity index is 1100. The van der Waals surface area contributed by atoms with Gasteiger partial charge < -0.3 is 9.64 Å². The van der Waals surface area contributed by atoms with Crippen LogP contribution in [-0.2, 0) is 0 Å². The van der Waals surface area contributed by atoms with Gasteiger partial charge >= 0.3 is 0 Å². The second-order valence-corrected chi connectivity index (χ2v) is 7.12. The lowest BCUT2D eigenvalue weighted by Crippen LogP contribution is -2.19. The highest BCUT2D eigenvalue weighted by molar-refractivity contribution is 5.71. The standard InChI is InChI=1S/C24H23N5O/c1-29(2)13-14-30-21-8-6-18(7-9-21)19-15-20(17-25-16-19)22-10-12-27-24(28-22)23-5-3-4-11-26-23/h3-12,15-17H,13-14H2,1-2H3. The van der Waals surface area contributed by atoms with E-state index in [-0.39, 0.29) is 0 Å². The van der Waals surface area contributed by atoms with E-state index in [9.17, 15) is 0 Å². The smallest absolute Gasteiger partial charge is 0.178 e. The summed E-state index contributed by atoms with van der Waals surface area (Å²) in [6.45, 7) is 1.54. The zero-order valence-electron chi connectivity index (χ0n) is 17.1. The Morgan fingerprint density at radius 2 is 1.63 bits per heavy atom. The topological polar surface area (TPSA) is 64.0 Å². The molecule has 30 heavy (non-hydrogen) atoms. The fourth-order valence-corrected chi connectivity index (χ4v) is 2.97. The predicted octanol–water partition coefficient (Wildman–Crippen LogP) is 4.21. The van der Waals surface area contributed by atoms with E-state index in [2.05, 4.69) is 30.9 Å². The molecule has 0 spiro atoms. The fourth-order valence-electron chi connectivity index (χ4n) is 2.97. The van der Waals surface area contributed by atoms with Gasteiger partial charge in [0, 0.05) is 42.5 Å². The van der Waals surface area contributed by atoms with Gasteiger partial charge in [-0.1, -0.05) is 18.2 Å². The van der Waals surface area contributed by atoms with Crippen LogP contribution in [0.1, 0.15) is 0 Å². The van der Waals surface area contributed by atoms with Gasteiger partial charge in [0.05, 0.1) is 5.69 Å². The first-order valence-electron chi connectivity index (χ1n) is 9.77. The molecule has 0 unspecified atom stereocenters. The molecule has 4 rings (SSSR count). The Hall–Kier alpha value is -3.64. The lowest BCUT2D eigenvalue weighted by molar-refractivity contribution is 0.261. The van der Waals surface area contributed by atoms with Crippen LogP contribution in [0.25, 0.3) is 33.9 Å². The fraction of sp³-hybridized carbons (Fsp3) is 0.167. The Morgan fingerprint density at radius 1 is 0.800 bits per heavy atom. The van der Waals surface area contributed by atoms with Gasteiger partial charge in [0.15, 0.2) is 5.82 Å². The number of aromatic nitrogens is 4. The summed E-state index contributed by atoms with van der Waals surface area (Å²) in [6.07, 6.45) is 7.15. The summed E-state index contributed by atoms with van der Waals surface area (Å²) in [5, 5.41) is 0. The number of hydrogen-bond acceptors (Lipinski definition) is 6. The van der Waals surface area contributed by atoms with Crippen molar-refractivity contribution >= 4 is 0 Å². The van der Waals surface area contributed by atoms with Crippen LogP contribution in [0.5, 0.6) is 5.75 Å². The molecule has 1 aromatic carbocycles. The molecule has 0 fully saturated rings. The molecule has 6 nitrogen and oxygen atoms in total. The van der Waals surface area contributed by atoms with Crippen molar-refractivity contribution in [3.05, 3.63) is 79.4 Å². The van der Waals surface area contributed by atoms with Crippen molar-refractivity contribution in [3.63, 3.8) is 0 Å². The maximum absolute atomic E-state index is 5.78. The summed E-state index contributed by atoms with van der Waals surface area (Å²) >= 11 is 0. The molecule has 0 aliphatic rings. The minimum Gasteiger partial charge on any atom is -0.492 e. The first-order chi connectivity index (χ1) is 14.7. The van der Waals surface area contributed by atoms with Gasteiger partial charge in [0.1, 0.15) is 18.1 Å². The highest BCUT2D eigenvalue weighted by Gasteiger charge is 2.08. The highest BCUT2D eigenvalue weighted by Crippen LogP contribution is 2.26. The van der Waals surface area contributed by atoms with Crippen molar-refractivity contribution in [2.45, 2.75) is 0 Å². The van der Waals surface area contributed by atoms with Gasteiger partial charge in [0.25, 0.3) is 0 Å². The Labute approximate surface area is 176 Å². The Morgan fingerprint density at radius 3 is 2.40 bits per heavy atom. The SMILES string of the molecule is CN(C)CCOc1ccc(-c2cncc(-c3ccnc(-c4ccccn4)n3)c2)cc1. The third-order valence-corrected chi connectivity index (χ3v) is 4.58. The second kappa shape index (κ2) is 9.24. The van der Waals surface area contributed by atoms with Gasteiger partial charge in [0.2, 0.25) is 0 Å². The molecule has 0 saturated carbocycles. The molecule has 3 aromatic heterocycles. The van der Waals surface area contributed by atoms with Crippen LogP contribution in [-0.4, -0.2) is 52.1 Å². The van der Waals surface area contributed by atoms with Crippen LogP contribution in [0.3, 0.4) is 0 Å². The number of pyridine rings is 2. The number of benzene rings is 1. The third kappa shape index (κ3) is 4.85. The maximum atomic E-state index is 5.78. The van der Waals surface area contributed by atoms with E-state index in [1.807, 2.05) is 75.0 Å². The maximum Gasteiger partial charge on any atom is 0.178 e. The summed E-state index contributed by atoms with van der Waals surface area (Å²) in [6, 6.07) is 17.7. The predicted molar refractivity (Wildman–Crippen MR) is 118 cm³/mol. The van der Waals surface area contributed by atoms with Crippen molar-refractivity contribution in [1.82, 2.24) is 24.8 Å². The van der Waals surface area contributed by atoms with Crippen LogP contribution < -0.4 is 4.74 Å². The van der Waals surface area contributed by atoms with Gasteiger partial charge in [-0.25, -0.2) is 9.97 Å². The lowest BCUT2D eigenvalue weighted by Gasteiger charge is -2.11. The molecule has 0 amide bonds. The van der Waals surface area contributed by atoms with Crippen molar-refractivity contribution in [2.75, 3.05) is 27.2 Å². The van der Waals surface area contributed by atoms with E-state index in [0.717, 1.165) is 40.4 Å². The lowest BCUT2D eigenvalue weighted by atomic mass is 10.0. The van der Waals surface area contributed by atoms with Crippen LogP contribution in [0.4, 0.5) is 0 Å². The quantitative estimate of drug-likeness (QED) is 0.466. The molecule has 4 aromatic rings. The zero-order valence-corrected chi connectivity index (χ0v) is 17.1. The number of hydrogen-bond donors (Lipinski definition) is 0. The first-order valence-corrected chi connectivity index (χ1v) is 9.77. The molecule has 150 valence electrons. The van der Waals surface area contributed by atoms with Crippen molar-refractivity contribution in [3.8, 4) is 39.7 Å². The number of likely N-dealkylation sites (N-methyl/N-ethyl adjacent to an activating group) is 1. The number of nitrogens with zero attached hydrogens (tertiary/aromatic N) is 5. The van der Waals surface area contributed by atoms with Crippen molar-refractivity contribution in [1.29, 1.82) is 0 Å². The van der Waals surface area contributed by atoms with Crippen LogP contribution >= 0.6 is 0 Å². The first kappa shape index (κ1) is 19.7. The Kier molecular flexibility index (Phi) is 6.06. The monoisotopic (exact) mass is 397 g/mol. The summed E-state index contributed by atoms with van der Waals surface area (Å²) < 4.78 is 5.78. The van der Waals surface area contributed by atoms with E-state index in [1.165, 1.54) is 0 Å². The Balaban J connectivity index is 1.55. The number of rotatable bonds is 7. The van der Waals surface area contributed by atoms with E-state index in [4.69, 9.17) is 4.74 Å². The summed E-state index contributed by atoms with van der Waals surface area (Å²) in [7, 11) is 4.06. The molecule has 0 aliphatic carbocycles. The van der Waals surface area contributed by atoms with Crippen LogP contribution in [0.2, 0.25) is 0 Å². The van der Waals surface area contributed by atoms with Gasteiger partial charge in [-0.2, -0.15) is 0 Å². The summed E-state index contributed by atoms with van der Waals surface area (Å²) in [4.78, 5) is 19.9. The van der Waals surface area contributed by atoms with E-state index >= 15 is 0 Å². The summed E-state index contributed by atoms with van der Waals surface area (Å²) in [5.41, 5.74) is 4.57. The minimum absolute atomic E-state index is 0.595. The third-order valence-electron chi connectivity index (χ3n) is 4.58. The van der Waals surface area contributed by atoms with E-state index < -0.39 is 0 Å². The molecule has 0 aliphatic heterocycles. The van der Waals surface area contributed by atoms with Gasteiger partial charge in [-0.15, -0.1) is 0 Å². The minimum atomic E-state index is 0.595. The zero-order chi connectivity index (χ0) is 20.8. The van der Waals surface area contributed by atoms with Gasteiger partial charge in [-0.3, -0.25) is 9.97 Å². The number of ether oxygens (including phenoxy) is 1. The largest absolute Gasteiger partial charge is 0.492 e. The van der Waals surface area contributed by atoms with Crippen molar-refractivity contribution < 1.29 is 4.74 Å². The molecule has 0 saturated heterocycles. The normalized spacial score (nSPS) is 10.9. The molecule has 0 atom stereocenters. The average molecular weight is 397 g/mol. The molecule has 0 bridgehead atoms. The van der Waals surface area contributed by atoms with Crippen LogP contribution in [0, 0.1) is 0 Å². The van der Waals surface area contributed by atoms with E-state index in [1.54, 1.807) is 12.4 Å². The molecule has 0 radical (unpaired) electrons. The van der Waals surface area contributed by atoms with Gasteiger partial charge in [-0.05, 0) is 56.1 Å². The molecule has 0 N–H and O–H groups in total. The van der Waals surface area contributed by atoms with Crippen molar-refractivity contribution in [2.24, 2.45) is 0 Å². The molecular weight excluding hydrogens is 374 g/mol. The average Bonchev–Trinajstić information content (AvgIpc) is 2.80. The van der Waals surface area contributed by atoms with Crippen LogP contribution in [0.15, 0.2) is 79.4 Å². The molecule has 6 heteroatoms. The van der Waals surface area contributed by atoms with E-state index in [0.29, 0.717) is 12.4 Å².